The summed E-state index contributed by atoms with van der Waals surface area (Å²) in [5, 5.41) is 0.266. The van der Waals surface area contributed by atoms with Crippen LogP contribution in [0.1, 0.15) is 30.9 Å². The van der Waals surface area contributed by atoms with Gasteiger partial charge >= 0.3 is 0 Å². The molecule has 0 saturated heterocycles. The summed E-state index contributed by atoms with van der Waals surface area (Å²) in [6.45, 7) is 4.02. The maximum atomic E-state index is 13.5. The second-order valence-corrected chi connectivity index (χ2v) is 5.11. The van der Waals surface area contributed by atoms with Crippen molar-refractivity contribution in [2.45, 2.75) is 33.1 Å². The average Bonchev–Trinajstić information content (AvgIpc) is 2.28. The standard InChI is InChI=1S/C15H16ClF/c1-10-3-5-12(6-4-10)9-13-7-11(2)8-14(17)15(13)16/h3,5,7-8H,4,6,9H2,1-2H3. The SMILES string of the molecule is CC1=CC=C(Cc2cc(C)cc(F)c2Cl)CC1. The number of aryl methyl sites for hydroxylation is 1. The molecule has 1 aliphatic carbocycles. The molecule has 0 spiro atoms. The molecule has 2 heteroatoms. The van der Waals surface area contributed by atoms with Crippen LogP contribution in [0.3, 0.4) is 0 Å². The molecule has 0 amide bonds. The van der Waals surface area contributed by atoms with E-state index in [1.807, 2.05) is 13.0 Å². The molecule has 1 aliphatic rings. The maximum Gasteiger partial charge on any atom is 0.142 e. The van der Waals surface area contributed by atoms with Crippen molar-refractivity contribution in [2.24, 2.45) is 0 Å². The lowest BCUT2D eigenvalue weighted by Crippen LogP contribution is -1.98. The lowest BCUT2D eigenvalue weighted by molar-refractivity contribution is 0.625. The fourth-order valence-corrected chi connectivity index (χ4v) is 2.28. The maximum absolute atomic E-state index is 13.5. The van der Waals surface area contributed by atoms with Crippen LogP contribution in [0.25, 0.3) is 0 Å². The minimum Gasteiger partial charge on any atom is -0.205 e. The van der Waals surface area contributed by atoms with E-state index in [1.54, 1.807) is 0 Å². The van der Waals surface area contributed by atoms with Crippen LogP contribution in [0.15, 0.2) is 35.4 Å². The summed E-state index contributed by atoms with van der Waals surface area (Å²) in [5.74, 6) is -0.315. The number of rotatable bonds is 2. The van der Waals surface area contributed by atoms with Gasteiger partial charge in [0.15, 0.2) is 0 Å². The molecule has 2 rings (SSSR count). The predicted molar refractivity (Wildman–Crippen MR) is 70.9 cm³/mol. The Bertz CT molecular complexity index is 498. The van der Waals surface area contributed by atoms with E-state index in [0.717, 1.165) is 30.4 Å². The van der Waals surface area contributed by atoms with E-state index in [4.69, 9.17) is 11.6 Å². The van der Waals surface area contributed by atoms with E-state index in [1.165, 1.54) is 17.2 Å². The van der Waals surface area contributed by atoms with Gasteiger partial charge in [-0.2, -0.15) is 0 Å². The minimum absolute atomic E-state index is 0.266. The van der Waals surface area contributed by atoms with Crippen LogP contribution in [0.2, 0.25) is 5.02 Å². The van der Waals surface area contributed by atoms with Gasteiger partial charge in [0, 0.05) is 0 Å². The summed E-state index contributed by atoms with van der Waals surface area (Å²) in [6, 6.07) is 3.45. The molecule has 0 fully saturated rings. The van der Waals surface area contributed by atoms with Gasteiger partial charge in [-0.15, -0.1) is 0 Å². The van der Waals surface area contributed by atoms with E-state index in [-0.39, 0.29) is 10.8 Å². The topological polar surface area (TPSA) is 0 Å². The molecule has 0 N–H and O–H groups in total. The largest absolute Gasteiger partial charge is 0.205 e. The molecule has 0 bridgehead atoms. The number of benzene rings is 1. The predicted octanol–water partition coefficient (Wildman–Crippen LogP) is 5.00. The Labute approximate surface area is 107 Å². The van der Waals surface area contributed by atoms with Crippen molar-refractivity contribution in [1.82, 2.24) is 0 Å². The van der Waals surface area contributed by atoms with Gasteiger partial charge in [0.05, 0.1) is 5.02 Å². The van der Waals surface area contributed by atoms with Crippen LogP contribution in [-0.2, 0) is 6.42 Å². The number of halogens is 2. The van der Waals surface area contributed by atoms with Crippen LogP contribution in [-0.4, -0.2) is 0 Å². The molecule has 0 radical (unpaired) electrons. The van der Waals surface area contributed by atoms with Crippen molar-refractivity contribution in [3.05, 3.63) is 57.4 Å². The summed E-state index contributed by atoms with van der Waals surface area (Å²) in [4.78, 5) is 0. The molecular formula is C15H16ClF. The van der Waals surface area contributed by atoms with Crippen LogP contribution < -0.4 is 0 Å². The van der Waals surface area contributed by atoms with Gasteiger partial charge in [-0.25, -0.2) is 4.39 Å². The molecule has 0 aliphatic heterocycles. The molecule has 0 nitrogen and oxygen atoms in total. The molecular weight excluding hydrogens is 235 g/mol. The van der Waals surface area contributed by atoms with E-state index >= 15 is 0 Å². The lowest BCUT2D eigenvalue weighted by Gasteiger charge is -2.13. The molecule has 17 heavy (non-hydrogen) atoms. The van der Waals surface area contributed by atoms with Gasteiger partial charge in [-0.1, -0.05) is 41.0 Å². The van der Waals surface area contributed by atoms with E-state index in [2.05, 4.69) is 19.1 Å². The highest BCUT2D eigenvalue weighted by Gasteiger charge is 2.11. The summed E-state index contributed by atoms with van der Waals surface area (Å²) in [7, 11) is 0. The molecule has 0 heterocycles. The first-order valence-electron chi connectivity index (χ1n) is 5.86. The normalized spacial score (nSPS) is 15.5. The van der Waals surface area contributed by atoms with Crippen molar-refractivity contribution in [1.29, 1.82) is 0 Å². The van der Waals surface area contributed by atoms with Gasteiger partial charge < -0.3 is 0 Å². The number of hydrogen-bond acceptors (Lipinski definition) is 0. The average molecular weight is 251 g/mol. The summed E-state index contributed by atoms with van der Waals surface area (Å²) in [5.41, 5.74) is 4.53. The van der Waals surface area contributed by atoms with Crippen LogP contribution >= 0.6 is 11.6 Å². The van der Waals surface area contributed by atoms with Gasteiger partial charge in [0.1, 0.15) is 5.82 Å². The van der Waals surface area contributed by atoms with Gasteiger partial charge in [-0.05, 0) is 50.3 Å². The monoisotopic (exact) mass is 250 g/mol. The molecule has 0 unspecified atom stereocenters. The van der Waals surface area contributed by atoms with Gasteiger partial charge in [0.25, 0.3) is 0 Å². The van der Waals surface area contributed by atoms with Gasteiger partial charge in [0.2, 0.25) is 0 Å². The Morgan fingerprint density at radius 1 is 1.18 bits per heavy atom. The fraction of sp³-hybridized carbons (Fsp3) is 0.333. The smallest absolute Gasteiger partial charge is 0.142 e. The van der Waals surface area contributed by atoms with Crippen molar-refractivity contribution in [3.63, 3.8) is 0 Å². The minimum atomic E-state index is -0.315. The third-order valence-electron chi connectivity index (χ3n) is 3.11. The van der Waals surface area contributed by atoms with E-state index < -0.39 is 0 Å². The first-order valence-corrected chi connectivity index (χ1v) is 6.24. The Hall–Kier alpha value is -1.08. The van der Waals surface area contributed by atoms with Gasteiger partial charge in [-0.3, -0.25) is 0 Å². The summed E-state index contributed by atoms with van der Waals surface area (Å²) >= 11 is 6.00. The zero-order valence-corrected chi connectivity index (χ0v) is 10.9. The summed E-state index contributed by atoms with van der Waals surface area (Å²) in [6.07, 6.45) is 7.17. The highest BCUT2D eigenvalue weighted by Crippen LogP contribution is 2.27. The van der Waals surface area contributed by atoms with Crippen molar-refractivity contribution in [2.75, 3.05) is 0 Å². The molecule has 1 aromatic rings. The lowest BCUT2D eigenvalue weighted by atomic mass is 9.94. The Morgan fingerprint density at radius 3 is 2.59 bits per heavy atom. The fourth-order valence-electron chi connectivity index (χ4n) is 2.10. The summed E-state index contributed by atoms with van der Waals surface area (Å²) < 4.78 is 13.5. The quantitative estimate of drug-likeness (QED) is 0.693. The molecule has 0 saturated carbocycles. The molecule has 0 aromatic heterocycles. The van der Waals surface area contributed by atoms with E-state index in [9.17, 15) is 4.39 Å². The van der Waals surface area contributed by atoms with Crippen molar-refractivity contribution >= 4 is 11.6 Å². The molecule has 1 aromatic carbocycles. The Kier molecular flexibility index (Phi) is 3.68. The second kappa shape index (κ2) is 5.05. The van der Waals surface area contributed by atoms with Crippen LogP contribution in [0.4, 0.5) is 4.39 Å². The van der Waals surface area contributed by atoms with Crippen molar-refractivity contribution < 1.29 is 4.39 Å². The number of hydrogen-bond donors (Lipinski definition) is 0. The van der Waals surface area contributed by atoms with Crippen LogP contribution in [0.5, 0.6) is 0 Å². The molecule has 90 valence electrons. The highest BCUT2D eigenvalue weighted by molar-refractivity contribution is 6.31. The highest BCUT2D eigenvalue weighted by atomic mass is 35.5. The first kappa shape index (κ1) is 12.4. The third-order valence-corrected chi connectivity index (χ3v) is 3.53. The third kappa shape index (κ3) is 2.98. The zero-order chi connectivity index (χ0) is 12.4. The first-order chi connectivity index (χ1) is 8.06. The van der Waals surface area contributed by atoms with Crippen molar-refractivity contribution in [3.8, 4) is 0 Å². The van der Waals surface area contributed by atoms with E-state index in [0.29, 0.717) is 0 Å². The Morgan fingerprint density at radius 2 is 1.94 bits per heavy atom. The second-order valence-electron chi connectivity index (χ2n) is 4.73. The number of allylic oxidation sites excluding steroid dienone is 4. The van der Waals surface area contributed by atoms with Crippen LogP contribution in [0, 0.1) is 12.7 Å². The Balaban J connectivity index is 2.25. The molecule has 0 atom stereocenters. The zero-order valence-electron chi connectivity index (χ0n) is 10.2.